The normalized spacial score (nSPS) is 12.5. The maximum Gasteiger partial charge on any atom is 0.407 e. The molecule has 4 heterocycles. The molecule has 4 aromatic heterocycles. The number of fused-ring (bicyclic) bond motifs is 1. The van der Waals surface area contributed by atoms with Crippen molar-refractivity contribution >= 4 is 44.4 Å². The number of nitrogens with one attached hydrogen (secondary N) is 2. The Morgan fingerprint density at radius 3 is 2.40 bits per heavy atom. The molecular weight excluding hydrogens is 649 g/mol. The maximum absolute atomic E-state index is 13.9. The molecule has 2 aromatic carbocycles. The van der Waals surface area contributed by atoms with Crippen molar-refractivity contribution in [1.29, 1.82) is 0 Å². The number of nitrogens with zero attached hydrogens (tertiary/aromatic N) is 2. The SMILES string of the molecule is CC(C)(C)OC(=O)NCC(Cc1ccccc1)NC(=O)c1cc(-c2cn(S(=O)(=O)c3ccccc3)c3ncccc23)c(-c2ccoc2)s1. The third-order valence-corrected chi connectivity index (χ3v) is 10.3. The summed E-state index contributed by atoms with van der Waals surface area (Å²) < 4.78 is 39.6. The third-order valence-electron chi connectivity index (χ3n) is 7.41. The van der Waals surface area contributed by atoms with E-state index >= 15 is 0 Å². The fraction of sp³-hybridized carbons (Fsp3) is 0.194. The summed E-state index contributed by atoms with van der Waals surface area (Å²) in [7, 11) is -3.98. The van der Waals surface area contributed by atoms with Gasteiger partial charge in [0.25, 0.3) is 15.9 Å². The Morgan fingerprint density at radius 2 is 1.71 bits per heavy atom. The van der Waals surface area contributed by atoms with Crippen molar-refractivity contribution in [1.82, 2.24) is 19.6 Å². The van der Waals surface area contributed by atoms with E-state index in [1.807, 2.05) is 36.4 Å². The van der Waals surface area contributed by atoms with E-state index in [2.05, 4.69) is 15.6 Å². The number of hydrogen-bond acceptors (Lipinski definition) is 8. The van der Waals surface area contributed by atoms with Crippen LogP contribution in [0.2, 0.25) is 0 Å². The number of pyridine rings is 1. The van der Waals surface area contributed by atoms with Crippen LogP contribution in [0.1, 0.15) is 36.0 Å². The van der Waals surface area contributed by atoms with E-state index in [9.17, 15) is 18.0 Å². The van der Waals surface area contributed by atoms with Gasteiger partial charge in [0.15, 0.2) is 5.65 Å². The third kappa shape index (κ3) is 7.19. The Bertz CT molecular complexity index is 2150. The molecule has 6 rings (SSSR count). The molecular formula is C36H34N4O6S2. The van der Waals surface area contributed by atoms with Gasteiger partial charge in [-0.2, -0.15) is 0 Å². The molecule has 2 N–H and O–H groups in total. The van der Waals surface area contributed by atoms with Crippen molar-refractivity contribution in [3.05, 3.63) is 120 Å². The van der Waals surface area contributed by atoms with Crippen LogP contribution in [-0.2, 0) is 21.2 Å². The quantitative estimate of drug-likeness (QED) is 0.157. The van der Waals surface area contributed by atoms with E-state index in [1.54, 1.807) is 82.1 Å². The lowest BCUT2D eigenvalue weighted by atomic mass is 10.0. The van der Waals surface area contributed by atoms with Crippen molar-refractivity contribution in [2.75, 3.05) is 6.54 Å². The molecule has 246 valence electrons. The van der Waals surface area contributed by atoms with Crippen LogP contribution in [0.3, 0.4) is 0 Å². The van der Waals surface area contributed by atoms with Gasteiger partial charge in [0.2, 0.25) is 0 Å². The first-order valence-electron chi connectivity index (χ1n) is 15.2. The first-order chi connectivity index (χ1) is 23.0. The molecule has 6 aromatic rings. The van der Waals surface area contributed by atoms with Gasteiger partial charge in [-0.25, -0.2) is 22.2 Å². The van der Waals surface area contributed by atoms with Gasteiger partial charge in [-0.1, -0.05) is 48.5 Å². The summed E-state index contributed by atoms with van der Waals surface area (Å²) in [6.07, 6.45) is 6.11. The molecule has 0 fully saturated rings. The van der Waals surface area contributed by atoms with Gasteiger partial charge in [0.05, 0.1) is 28.3 Å². The van der Waals surface area contributed by atoms with Crippen molar-refractivity contribution in [3.8, 4) is 21.6 Å². The smallest absolute Gasteiger partial charge is 0.407 e. The zero-order valence-corrected chi connectivity index (χ0v) is 28.2. The van der Waals surface area contributed by atoms with E-state index in [-0.39, 0.29) is 23.0 Å². The molecule has 1 atom stereocenters. The molecule has 0 spiro atoms. The number of alkyl carbamates (subject to hydrolysis) is 1. The van der Waals surface area contributed by atoms with E-state index < -0.39 is 27.8 Å². The van der Waals surface area contributed by atoms with Gasteiger partial charge in [-0.15, -0.1) is 11.3 Å². The van der Waals surface area contributed by atoms with E-state index in [0.29, 0.717) is 27.8 Å². The highest BCUT2D eigenvalue weighted by atomic mass is 32.2. The second-order valence-electron chi connectivity index (χ2n) is 12.1. The topological polar surface area (TPSA) is 133 Å². The molecule has 1 unspecified atom stereocenters. The van der Waals surface area contributed by atoms with Gasteiger partial charge in [0, 0.05) is 45.9 Å². The molecule has 12 heteroatoms. The summed E-state index contributed by atoms with van der Waals surface area (Å²) in [5, 5.41) is 6.48. The fourth-order valence-corrected chi connectivity index (χ4v) is 7.70. The molecule has 0 bridgehead atoms. The zero-order valence-electron chi connectivity index (χ0n) is 26.5. The number of ether oxygens (including phenoxy) is 1. The minimum absolute atomic E-state index is 0.129. The number of hydrogen-bond donors (Lipinski definition) is 2. The Balaban J connectivity index is 1.37. The maximum atomic E-state index is 13.9. The summed E-state index contributed by atoms with van der Waals surface area (Å²) in [6, 6.07) is 24.5. The number of benzene rings is 2. The Morgan fingerprint density at radius 1 is 0.979 bits per heavy atom. The Hall–Kier alpha value is -5.20. The van der Waals surface area contributed by atoms with E-state index in [4.69, 9.17) is 9.15 Å². The molecule has 10 nitrogen and oxygen atoms in total. The first-order valence-corrected chi connectivity index (χ1v) is 17.5. The van der Waals surface area contributed by atoms with Crippen molar-refractivity contribution in [2.45, 2.75) is 43.7 Å². The molecule has 0 aliphatic carbocycles. The Kier molecular flexibility index (Phi) is 9.20. The summed E-state index contributed by atoms with van der Waals surface area (Å²) in [4.78, 5) is 32.1. The lowest BCUT2D eigenvalue weighted by Crippen LogP contribution is -2.45. The van der Waals surface area contributed by atoms with Crippen molar-refractivity contribution < 1.29 is 27.2 Å². The molecule has 0 aliphatic rings. The van der Waals surface area contributed by atoms with Crippen LogP contribution in [0.15, 0.2) is 119 Å². The zero-order chi connectivity index (χ0) is 33.9. The number of aromatic nitrogens is 2. The van der Waals surface area contributed by atoms with Gasteiger partial charge >= 0.3 is 6.09 Å². The minimum Gasteiger partial charge on any atom is -0.472 e. The second kappa shape index (κ2) is 13.5. The highest BCUT2D eigenvalue weighted by molar-refractivity contribution is 7.90. The molecule has 2 amide bonds. The van der Waals surface area contributed by atoms with Crippen LogP contribution in [0.25, 0.3) is 32.6 Å². The van der Waals surface area contributed by atoms with E-state index in [1.165, 1.54) is 27.4 Å². The van der Waals surface area contributed by atoms with Crippen LogP contribution in [0.4, 0.5) is 4.79 Å². The standard InChI is InChI=1S/C36H34N4O6S2/c1-36(2,3)46-35(42)38-21-26(19-24-11-6-4-7-12-24)39-34(41)31-20-29(32(47-31)25-16-18-45-23-25)30-22-40(33-28(30)15-10-17-37-33)48(43,44)27-13-8-5-9-14-27/h4-18,20,22-23,26H,19,21H2,1-3H3,(H,38,42)(H,39,41). The van der Waals surface area contributed by atoms with Crippen LogP contribution in [0, 0.1) is 0 Å². The number of carbonyl (C=O) groups excluding carboxylic acids is 2. The number of furan rings is 1. The average molecular weight is 683 g/mol. The summed E-state index contributed by atoms with van der Waals surface area (Å²) >= 11 is 1.26. The number of amides is 2. The summed E-state index contributed by atoms with van der Waals surface area (Å²) in [5.41, 5.74) is 2.56. The van der Waals surface area contributed by atoms with Gasteiger partial charge in [-0.3, -0.25) is 4.79 Å². The predicted octanol–water partition coefficient (Wildman–Crippen LogP) is 7.13. The molecule has 0 saturated carbocycles. The molecule has 0 radical (unpaired) electrons. The highest BCUT2D eigenvalue weighted by Crippen LogP contribution is 2.43. The van der Waals surface area contributed by atoms with Crippen LogP contribution in [-0.4, -0.2) is 47.6 Å². The predicted molar refractivity (Wildman–Crippen MR) is 185 cm³/mol. The fourth-order valence-electron chi connectivity index (χ4n) is 5.30. The second-order valence-corrected chi connectivity index (χ2v) is 15.0. The summed E-state index contributed by atoms with van der Waals surface area (Å²) in [5.74, 6) is -0.346. The van der Waals surface area contributed by atoms with Crippen LogP contribution < -0.4 is 10.6 Å². The average Bonchev–Trinajstić information content (AvgIpc) is 3.83. The lowest BCUT2D eigenvalue weighted by molar-refractivity contribution is 0.0519. The van der Waals surface area contributed by atoms with Gasteiger partial charge in [-0.05, 0) is 69.2 Å². The van der Waals surface area contributed by atoms with Crippen LogP contribution in [0.5, 0.6) is 0 Å². The Labute approximate surface area is 282 Å². The number of carbonyl (C=O) groups is 2. The molecule has 0 aliphatic heterocycles. The molecule has 0 saturated heterocycles. The molecule has 48 heavy (non-hydrogen) atoms. The summed E-state index contributed by atoms with van der Waals surface area (Å²) in [6.45, 7) is 5.49. The van der Waals surface area contributed by atoms with Gasteiger partial charge < -0.3 is 19.8 Å². The van der Waals surface area contributed by atoms with Gasteiger partial charge in [0.1, 0.15) is 5.60 Å². The monoisotopic (exact) mass is 682 g/mol. The number of rotatable bonds is 10. The van der Waals surface area contributed by atoms with Crippen LogP contribution >= 0.6 is 11.3 Å². The minimum atomic E-state index is -3.98. The van der Waals surface area contributed by atoms with E-state index in [0.717, 1.165) is 16.0 Å². The highest BCUT2D eigenvalue weighted by Gasteiger charge is 2.27. The van der Waals surface area contributed by atoms with Crippen molar-refractivity contribution in [2.24, 2.45) is 0 Å². The first kappa shape index (κ1) is 32.7. The van der Waals surface area contributed by atoms with Crippen molar-refractivity contribution in [3.63, 3.8) is 0 Å². The lowest BCUT2D eigenvalue weighted by Gasteiger charge is -2.22. The largest absolute Gasteiger partial charge is 0.472 e. The number of thiophene rings is 1.